The molecular formula is C22H18N2O6. The summed E-state index contributed by atoms with van der Waals surface area (Å²) in [4.78, 5) is 38.2. The van der Waals surface area contributed by atoms with Gasteiger partial charge in [0, 0.05) is 5.69 Å². The molecule has 2 aromatic carbocycles. The Morgan fingerprint density at radius 1 is 1.13 bits per heavy atom. The number of hydrogen-bond acceptors (Lipinski definition) is 6. The Morgan fingerprint density at radius 3 is 2.77 bits per heavy atom. The summed E-state index contributed by atoms with van der Waals surface area (Å²) in [6.45, 7) is 0.136. The molecule has 8 heteroatoms. The Labute approximate surface area is 172 Å². The third-order valence-electron chi connectivity index (χ3n) is 4.59. The number of methoxy groups -OCH3 is 1. The highest BCUT2D eigenvalue weighted by molar-refractivity contribution is 6.04. The number of benzene rings is 2. The average Bonchev–Trinajstić information content (AvgIpc) is 3.31. The number of amides is 2. The van der Waals surface area contributed by atoms with Crippen LogP contribution < -0.4 is 15.0 Å². The van der Waals surface area contributed by atoms with E-state index in [1.807, 2.05) is 6.07 Å². The molecule has 2 amide bonds. The van der Waals surface area contributed by atoms with Gasteiger partial charge >= 0.3 is 5.97 Å². The molecule has 0 radical (unpaired) electrons. The molecule has 0 saturated heterocycles. The number of esters is 1. The van der Waals surface area contributed by atoms with Crippen molar-refractivity contribution in [1.29, 1.82) is 0 Å². The monoisotopic (exact) mass is 406 g/mol. The van der Waals surface area contributed by atoms with Crippen LogP contribution in [0.2, 0.25) is 0 Å². The Bertz CT molecular complexity index is 1110. The first kappa shape index (κ1) is 19.3. The largest absolute Gasteiger partial charge is 0.482 e. The van der Waals surface area contributed by atoms with E-state index in [4.69, 9.17) is 13.9 Å². The summed E-state index contributed by atoms with van der Waals surface area (Å²) in [5.41, 5.74) is 2.16. The third-order valence-corrected chi connectivity index (χ3v) is 4.59. The summed E-state index contributed by atoms with van der Waals surface area (Å²) in [7, 11) is 1.31. The minimum atomic E-state index is -0.450. The van der Waals surface area contributed by atoms with Crippen molar-refractivity contribution >= 4 is 29.2 Å². The second-order valence-corrected chi connectivity index (χ2v) is 6.57. The van der Waals surface area contributed by atoms with Crippen molar-refractivity contribution in [2.45, 2.75) is 6.54 Å². The van der Waals surface area contributed by atoms with Gasteiger partial charge in [0.25, 0.3) is 11.8 Å². The molecule has 4 rings (SSSR count). The molecule has 0 unspecified atom stereocenters. The van der Waals surface area contributed by atoms with Gasteiger partial charge in [0.15, 0.2) is 12.4 Å². The van der Waals surface area contributed by atoms with E-state index in [2.05, 4.69) is 5.32 Å². The van der Waals surface area contributed by atoms with Crippen LogP contribution >= 0.6 is 0 Å². The predicted molar refractivity (Wildman–Crippen MR) is 108 cm³/mol. The molecule has 0 atom stereocenters. The first-order valence-electron chi connectivity index (χ1n) is 9.14. The first-order valence-corrected chi connectivity index (χ1v) is 9.14. The van der Waals surface area contributed by atoms with E-state index < -0.39 is 11.9 Å². The van der Waals surface area contributed by atoms with Gasteiger partial charge in [-0.05, 0) is 48.0 Å². The predicted octanol–water partition coefficient (Wildman–Crippen LogP) is 3.24. The highest BCUT2D eigenvalue weighted by Gasteiger charge is 2.26. The van der Waals surface area contributed by atoms with Crippen LogP contribution in [0.15, 0.2) is 65.3 Å². The molecule has 0 spiro atoms. The molecule has 1 aliphatic rings. The number of rotatable bonds is 5. The SMILES string of the molecule is COC(=O)c1cccc(CN2C(=O)COc3ccc(NC(=O)c4ccco4)cc32)c1. The smallest absolute Gasteiger partial charge is 0.337 e. The van der Waals surface area contributed by atoms with Crippen molar-refractivity contribution < 1.29 is 28.3 Å². The molecular weight excluding hydrogens is 388 g/mol. The lowest BCUT2D eigenvalue weighted by Gasteiger charge is -2.30. The molecule has 1 N–H and O–H groups in total. The fraction of sp³-hybridized carbons (Fsp3) is 0.136. The van der Waals surface area contributed by atoms with Crippen molar-refractivity contribution in [2.75, 3.05) is 23.9 Å². The van der Waals surface area contributed by atoms with E-state index in [0.29, 0.717) is 22.7 Å². The molecule has 1 aliphatic heterocycles. The van der Waals surface area contributed by atoms with E-state index in [-0.39, 0.29) is 24.8 Å². The quantitative estimate of drug-likeness (QED) is 0.653. The van der Waals surface area contributed by atoms with Crippen molar-refractivity contribution in [1.82, 2.24) is 0 Å². The van der Waals surface area contributed by atoms with E-state index >= 15 is 0 Å². The van der Waals surface area contributed by atoms with E-state index in [9.17, 15) is 14.4 Å². The zero-order valence-corrected chi connectivity index (χ0v) is 16.1. The van der Waals surface area contributed by atoms with Crippen LogP contribution in [-0.4, -0.2) is 31.5 Å². The minimum Gasteiger partial charge on any atom is -0.482 e. The molecule has 1 aromatic heterocycles. The number of fused-ring (bicyclic) bond motifs is 1. The van der Waals surface area contributed by atoms with Crippen LogP contribution in [-0.2, 0) is 16.1 Å². The number of carbonyl (C=O) groups is 3. The second-order valence-electron chi connectivity index (χ2n) is 6.57. The zero-order chi connectivity index (χ0) is 21.1. The van der Waals surface area contributed by atoms with Crippen LogP contribution in [0.1, 0.15) is 26.5 Å². The van der Waals surface area contributed by atoms with Crippen LogP contribution in [0, 0.1) is 0 Å². The number of nitrogens with zero attached hydrogens (tertiary/aromatic N) is 1. The maximum atomic E-state index is 12.6. The summed E-state index contributed by atoms with van der Waals surface area (Å²) in [6.07, 6.45) is 1.42. The summed E-state index contributed by atoms with van der Waals surface area (Å²) >= 11 is 0. The average molecular weight is 406 g/mol. The molecule has 0 fully saturated rings. The molecule has 3 aromatic rings. The van der Waals surface area contributed by atoms with Crippen LogP contribution in [0.5, 0.6) is 5.75 Å². The standard InChI is InChI=1S/C22H18N2O6/c1-28-22(27)15-5-2-4-14(10-15)12-24-17-11-16(7-8-18(17)30-13-20(24)25)23-21(26)19-6-3-9-29-19/h2-11H,12-13H2,1H3,(H,23,26). The molecule has 0 aliphatic carbocycles. The molecule has 0 saturated carbocycles. The van der Waals surface area contributed by atoms with Gasteiger partial charge in [-0.3, -0.25) is 9.59 Å². The van der Waals surface area contributed by atoms with Gasteiger partial charge < -0.3 is 24.1 Å². The molecule has 0 bridgehead atoms. The Hall–Kier alpha value is -4.07. The maximum Gasteiger partial charge on any atom is 0.337 e. The number of ether oxygens (including phenoxy) is 2. The fourth-order valence-corrected chi connectivity index (χ4v) is 3.15. The number of anilines is 2. The second kappa shape index (κ2) is 8.12. The number of furan rings is 1. The molecule has 152 valence electrons. The third kappa shape index (κ3) is 3.88. The maximum absolute atomic E-state index is 12.6. The van der Waals surface area contributed by atoms with Crippen LogP contribution in [0.25, 0.3) is 0 Å². The molecule has 2 heterocycles. The highest BCUT2D eigenvalue weighted by atomic mass is 16.5. The lowest BCUT2D eigenvalue weighted by Crippen LogP contribution is -2.38. The lowest BCUT2D eigenvalue weighted by atomic mass is 10.1. The number of hydrogen-bond donors (Lipinski definition) is 1. The first-order chi connectivity index (χ1) is 14.5. The lowest BCUT2D eigenvalue weighted by molar-refractivity contribution is -0.121. The Kier molecular flexibility index (Phi) is 5.21. The minimum absolute atomic E-state index is 0.0954. The molecule has 8 nitrogen and oxygen atoms in total. The van der Waals surface area contributed by atoms with E-state index in [0.717, 1.165) is 5.56 Å². The van der Waals surface area contributed by atoms with E-state index in [1.54, 1.807) is 53.4 Å². The van der Waals surface area contributed by atoms with Gasteiger partial charge in [-0.25, -0.2) is 4.79 Å². The van der Waals surface area contributed by atoms with Gasteiger partial charge in [-0.1, -0.05) is 12.1 Å². The van der Waals surface area contributed by atoms with Gasteiger partial charge in [0.2, 0.25) is 0 Å². The summed E-state index contributed by atoms with van der Waals surface area (Å²) < 4.78 is 15.4. The van der Waals surface area contributed by atoms with Crippen LogP contribution in [0.4, 0.5) is 11.4 Å². The normalized spacial score (nSPS) is 12.7. The highest BCUT2D eigenvalue weighted by Crippen LogP contribution is 2.35. The van der Waals surface area contributed by atoms with Gasteiger partial charge in [-0.15, -0.1) is 0 Å². The van der Waals surface area contributed by atoms with Gasteiger partial charge in [-0.2, -0.15) is 0 Å². The van der Waals surface area contributed by atoms with E-state index in [1.165, 1.54) is 13.4 Å². The van der Waals surface area contributed by atoms with Crippen molar-refractivity contribution in [2.24, 2.45) is 0 Å². The topological polar surface area (TPSA) is 98.1 Å². The summed E-state index contributed by atoms with van der Waals surface area (Å²) in [5.74, 6) is -0.388. The molecule has 30 heavy (non-hydrogen) atoms. The van der Waals surface area contributed by atoms with Crippen molar-refractivity contribution in [3.05, 3.63) is 77.7 Å². The zero-order valence-electron chi connectivity index (χ0n) is 16.1. The fourth-order valence-electron chi connectivity index (χ4n) is 3.15. The number of carbonyl (C=O) groups excluding carboxylic acids is 3. The summed E-state index contributed by atoms with van der Waals surface area (Å²) in [5, 5.41) is 2.74. The number of nitrogens with one attached hydrogen (secondary N) is 1. The van der Waals surface area contributed by atoms with Crippen LogP contribution in [0.3, 0.4) is 0 Å². The van der Waals surface area contributed by atoms with Gasteiger partial charge in [0.05, 0.1) is 31.2 Å². The van der Waals surface area contributed by atoms with Crippen molar-refractivity contribution in [3.63, 3.8) is 0 Å². The van der Waals surface area contributed by atoms with Gasteiger partial charge in [0.1, 0.15) is 5.75 Å². The van der Waals surface area contributed by atoms with Crippen molar-refractivity contribution in [3.8, 4) is 5.75 Å². The Morgan fingerprint density at radius 2 is 2.00 bits per heavy atom. The Balaban J connectivity index is 1.60. The summed E-state index contributed by atoms with van der Waals surface area (Å²) in [6, 6.07) is 15.1.